The van der Waals surface area contributed by atoms with Gasteiger partial charge >= 0.3 is 0 Å². The second-order valence-corrected chi connectivity index (χ2v) is 14.9. The summed E-state index contributed by atoms with van der Waals surface area (Å²) < 4.78 is 2.34. The molecule has 55 heavy (non-hydrogen) atoms. The van der Waals surface area contributed by atoms with Gasteiger partial charge in [0.1, 0.15) is 5.82 Å². The minimum absolute atomic E-state index is 0.859. The molecule has 0 atom stereocenters. The van der Waals surface area contributed by atoms with Gasteiger partial charge in [0, 0.05) is 11.8 Å². The van der Waals surface area contributed by atoms with Gasteiger partial charge in [-0.05, 0) is 117 Å². The number of aryl methyl sites for hydroxylation is 1. The number of hydrogen-bond acceptors (Lipinski definition) is 1. The van der Waals surface area contributed by atoms with Crippen LogP contribution in [0.3, 0.4) is 0 Å². The first-order valence-corrected chi connectivity index (χ1v) is 19.3. The van der Waals surface area contributed by atoms with E-state index in [2.05, 4.69) is 187 Å². The van der Waals surface area contributed by atoms with Crippen molar-refractivity contribution >= 4 is 86.4 Å². The third kappa shape index (κ3) is 4.28. The molecule has 0 radical (unpaired) electrons. The van der Waals surface area contributed by atoms with Gasteiger partial charge in [-0.15, -0.1) is 0 Å². The molecular weight excluding hydrogens is 665 g/mol. The van der Waals surface area contributed by atoms with Crippen molar-refractivity contribution in [3.8, 4) is 27.9 Å². The molecule has 1 heterocycles. The lowest BCUT2D eigenvalue weighted by molar-refractivity contribution is 0.913. The Hall–Kier alpha value is -7.03. The van der Waals surface area contributed by atoms with Gasteiger partial charge in [0.15, 0.2) is 0 Å². The van der Waals surface area contributed by atoms with Crippen LogP contribution < -0.4 is 0 Å². The Bertz CT molecular complexity index is 3510. The zero-order valence-corrected chi connectivity index (χ0v) is 30.3. The van der Waals surface area contributed by atoms with Crippen molar-refractivity contribution in [3.05, 3.63) is 182 Å². The smallest absolute Gasteiger partial charge is 0.114 e. The normalized spacial score (nSPS) is 12.2. The largest absolute Gasteiger partial charge is 0.296 e. The predicted octanol–water partition coefficient (Wildman–Crippen LogP) is 14.4. The number of imidazole rings is 1. The van der Waals surface area contributed by atoms with Crippen molar-refractivity contribution in [2.45, 2.75) is 13.3 Å². The highest BCUT2D eigenvalue weighted by Gasteiger charge is 2.19. The van der Waals surface area contributed by atoms with Crippen LogP contribution in [0.25, 0.3) is 114 Å². The molecule has 0 N–H and O–H groups in total. The molecule has 0 fully saturated rings. The summed E-state index contributed by atoms with van der Waals surface area (Å²) >= 11 is 0. The van der Waals surface area contributed by atoms with E-state index >= 15 is 0 Å². The van der Waals surface area contributed by atoms with E-state index in [1.54, 1.807) is 0 Å². The summed E-state index contributed by atoms with van der Waals surface area (Å²) in [5, 5.41) is 18.1. The molecule has 12 rings (SSSR count). The number of benzene rings is 10. The Morgan fingerprint density at radius 1 is 0.400 bits per heavy atom. The first-order valence-electron chi connectivity index (χ1n) is 19.3. The van der Waals surface area contributed by atoms with Crippen molar-refractivity contribution in [1.29, 1.82) is 0 Å². The van der Waals surface area contributed by atoms with Crippen LogP contribution in [-0.2, 0) is 6.42 Å². The van der Waals surface area contributed by atoms with E-state index in [4.69, 9.17) is 4.98 Å². The number of para-hydroxylation sites is 2. The minimum Gasteiger partial charge on any atom is -0.296 e. The van der Waals surface area contributed by atoms with E-state index in [9.17, 15) is 0 Å². The Kier molecular flexibility index (Phi) is 6.35. The third-order valence-corrected chi connectivity index (χ3v) is 12.1. The zero-order chi connectivity index (χ0) is 36.2. The van der Waals surface area contributed by atoms with Gasteiger partial charge in [-0.1, -0.05) is 159 Å². The lowest BCUT2D eigenvalue weighted by Gasteiger charge is -2.18. The van der Waals surface area contributed by atoms with Gasteiger partial charge in [0.05, 0.1) is 16.7 Å². The zero-order valence-electron chi connectivity index (χ0n) is 30.3. The minimum atomic E-state index is 0.859. The summed E-state index contributed by atoms with van der Waals surface area (Å²) in [7, 11) is 0. The molecule has 11 aromatic carbocycles. The van der Waals surface area contributed by atoms with Crippen molar-refractivity contribution < 1.29 is 0 Å². The van der Waals surface area contributed by atoms with Crippen LogP contribution in [-0.4, -0.2) is 9.55 Å². The molecular formula is C53H34N2. The molecule has 0 aliphatic carbocycles. The molecule has 0 aliphatic heterocycles. The summed E-state index contributed by atoms with van der Waals surface area (Å²) in [6.07, 6.45) is 0.859. The Labute approximate surface area is 317 Å². The standard InChI is InChI=1S/C53H34N2/c1-2-49-54-46-21-5-6-22-48(46)55(49)47-30-29-37(38-14-3-4-15-39(38)47)32-23-25-33(26-24-32)45-31-36-13-9-18-41-40-16-7-11-34-27-28-35-12-8-17-42(51(35)50(34)40)43-19-10-20-44(45)53(43)52(36)41/h3-31H,2H2,1H3. The molecule has 12 aromatic rings. The number of rotatable bonds is 4. The average molecular weight is 699 g/mol. The van der Waals surface area contributed by atoms with Crippen molar-refractivity contribution in [2.24, 2.45) is 0 Å². The maximum atomic E-state index is 4.99. The van der Waals surface area contributed by atoms with E-state index in [0.717, 1.165) is 23.3 Å². The lowest BCUT2D eigenvalue weighted by Crippen LogP contribution is -2.01. The van der Waals surface area contributed by atoms with Gasteiger partial charge in [-0.3, -0.25) is 4.57 Å². The second kappa shape index (κ2) is 11.5. The molecule has 0 aliphatic rings. The van der Waals surface area contributed by atoms with E-state index in [1.807, 2.05) is 0 Å². The number of aromatic nitrogens is 2. The van der Waals surface area contributed by atoms with Gasteiger partial charge in [-0.25, -0.2) is 4.98 Å². The van der Waals surface area contributed by atoms with Crippen molar-refractivity contribution in [2.75, 3.05) is 0 Å². The first-order chi connectivity index (χ1) is 27.2. The maximum absolute atomic E-state index is 4.99. The van der Waals surface area contributed by atoms with Crippen LogP contribution in [0.1, 0.15) is 12.7 Å². The SMILES string of the molecule is CCc1nc2ccccc2n1-c1ccc(-c2ccc(-c3cc4cccc5c6cccc7ccc8cccc(c9cccc3c9c45)c8c76)cc2)c2ccccc12. The quantitative estimate of drug-likeness (QED) is 0.167. The fourth-order valence-corrected chi connectivity index (χ4v) is 9.68. The predicted molar refractivity (Wildman–Crippen MR) is 235 cm³/mol. The molecule has 0 saturated heterocycles. The van der Waals surface area contributed by atoms with Crippen LogP contribution in [0.2, 0.25) is 0 Å². The molecule has 0 amide bonds. The van der Waals surface area contributed by atoms with Gasteiger partial charge in [0.25, 0.3) is 0 Å². The van der Waals surface area contributed by atoms with Gasteiger partial charge in [0.2, 0.25) is 0 Å². The highest BCUT2D eigenvalue weighted by Crippen LogP contribution is 2.46. The number of fused-ring (bicyclic) bond motifs is 4. The van der Waals surface area contributed by atoms with E-state index in [-0.39, 0.29) is 0 Å². The molecule has 1 aromatic heterocycles. The molecule has 0 unspecified atom stereocenters. The topological polar surface area (TPSA) is 17.8 Å². The highest BCUT2D eigenvalue weighted by atomic mass is 15.1. The molecule has 2 heteroatoms. The van der Waals surface area contributed by atoms with Crippen molar-refractivity contribution in [1.82, 2.24) is 9.55 Å². The molecule has 0 bridgehead atoms. The summed E-state index contributed by atoms with van der Waals surface area (Å²) in [4.78, 5) is 4.99. The summed E-state index contributed by atoms with van der Waals surface area (Å²) in [6, 6.07) is 65.4. The lowest BCUT2D eigenvalue weighted by atomic mass is 9.85. The van der Waals surface area contributed by atoms with Gasteiger partial charge < -0.3 is 0 Å². The fourth-order valence-electron chi connectivity index (χ4n) is 9.68. The molecule has 256 valence electrons. The maximum Gasteiger partial charge on any atom is 0.114 e. The Morgan fingerprint density at radius 2 is 0.927 bits per heavy atom. The van der Waals surface area contributed by atoms with Crippen LogP contribution >= 0.6 is 0 Å². The number of nitrogens with zero attached hydrogens (tertiary/aromatic N) is 2. The third-order valence-electron chi connectivity index (χ3n) is 12.1. The van der Waals surface area contributed by atoms with Crippen molar-refractivity contribution in [3.63, 3.8) is 0 Å². The highest BCUT2D eigenvalue weighted by molar-refractivity contribution is 6.38. The first kappa shape index (κ1) is 30.4. The molecule has 2 nitrogen and oxygen atoms in total. The van der Waals surface area contributed by atoms with Crippen LogP contribution in [0.5, 0.6) is 0 Å². The Morgan fingerprint density at radius 3 is 1.62 bits per heavy atom. The monoisotopic (exact) mass is 698 g/mol. The van der Waals surface area contributed by atoms with E-state index in [1.165, 1.54) is 103 Å². The second-order valence-electron chi connectivity index (χ2n) is 14.9. The summed E-state index contributed by atoms with van der Waals surface area (Å²) in [5.74, 6) is 1.07. The van der Waals surface area contributed by atoms with Crippen LogP contribution in [0.15, 0.2) is 176 Å². The molecule has 0 saturated carbocycles. The van der Waals surface area contributed by atoms with E-state index < -0.39 is 0 Å². The fraction of sp³-hybridized carbons (Fsp3) is 0.0377. The number of hydrogen-bond donors (Lipinski definition) is 0. The molecule has 0 spiro atoms. The van der Waals surface area contributed by atoms with Crippen LogP contribution in [0.4, 0.5) is 0 Å². The van der Waals surface area contributed by atoms with E-state index in [0.29, 0.717) is 0 Å². The summed E-state index contributed by atoms with van der Waals surface area (Å²) in [5.41, 5.74) is 8.25. The average Bonchev–Trinajstić information content (AvgIpc) is 3.63. The summed E-state index contributed by atoms with van der Waals surface area (Å²) in [6.45, 7) is 2.18. The van der Waals surface area contributed by atoms with Crippen LogP contribution in [0, 0.1) is 0 Å². The Balaban J connectivity index is 1.08. The van der Waals surface area contributed by atoms with Gasteiger partial charge in [-0.2, -0.15) is 0 Å².